The van der Waals surface area contributed by atoms with Crippen molar-refractivity contribution in [1.29, 1.82) is 0 Å². The molecule has 1 rings (SSSR count). The molecule has 0 radical (unpaired) electrons. The average Bonchev–Trinajstić information content (AvgIpc) is 2.44. The number of alkyl halides is 2. The molecule has 2 unspecified atom stereocenters. The van der Waals surface area contributed by atoms with Gasteiger partial charge in [-0.1, -0.05) is 18.6 Å². The SMILES string of the molecule is CC(C)=CCCC1(C)C(C=O)C1(Cl)Cl. The Morgan fingerprint density at radius 2 is 2.00 bits per heavy atom. The first-order valence-corrected chi connectivity index (χ1v) is 5.58. The fourth-order valence-electron chi connectivity index (χ4n) is 1.84. The van der Waals surface area contributed by atoms with E-state index >= 15 is 0 Å². The van der Waals surface area contributed by atoms with Gasteiger partial charge < -0.3 is 4.79 Å². The fraction of sp³-hybridized carbons (Fsp3) is 0.727. The molecule has 0 aliphatic heterocycles. The van der Waals surface area contributed by atoms with Crippen LogP contribution in [0.5, 0.6) is 0 Å². The maximum absolute atomic E-state index is 10.7. The molecule has 1 fully saturated rings. The molecule has 14 heavy (non-hydrogen) atoms. The third-order valence-electron chi connectivity index (χ3n) is 3.11. The summed E-state index contributed by atoms with van der Waals surface area (Å²) in [5, 5.41) is 0. The van der Waals surface area contributed by atoms with Crippen LogP contribution in [-0.2, 0) is 4.79 Å². The Hall–Kier alpha value is -0.0100. The number of rotatable bonds is 4. The van der Waals surface area contributed by atoms with Gasteiger partial charge in [-0.15, -0.1) is 23.2 Å². The highest BCUT2D eigenvalue weighted by Crippen LogP contribution is 2.70. The lowest BCUT2D eigenvalue weighted by Gasteiger charge is -2.09. The molecule has 1 aliphatic carbocycles. The quantitative estimate of drug-likeness (QED) is 0.412. The Bertz CT molecular complexity index is 266. The molecular formula is C11H16Cl2O. The van der Waals surface area contributed by atoms with Crippen molar-refractivity contribution in [2.24, 2.45) is 11.3 Å². The summed E-state index contributed by atoms with van der Waals surface area (Å²) in [6, 6.07) is 0. The van der Waals surface area contributed by atoms with Gasteiger partial charge in [0.05, 0.1) is 5.92 Å². The molecule has 0 N–H and O–H groups in total. The molecule has 3 heteroatoms. The van der Waals surface area contributed by atoms with E-state index < -0.39 is 4.33 Å². The summed E-state index contributed by atoms with van der Waals surface area (Å²) >= 11 is 12.1. The van der Waals surface area contributed by atoms with Crippen molar-refractivity contribution in [3.8, 4) is 0 Å². The van der Waals surface area contributed by atoms with Crippen LogP contribution in [0.3, 0.4) is 0 Å². The van der Waals surface area contributed by atoms with Crippen LogP contribution in [0.15, 0.2) is 11.6 Å². The summed E-state index contributed by atoms with van der Waals surface area (Å²) in [6.45, 7) is 6.09. The van der Waals surface area contributed by atoms with Crippen molar-refractivity contribution in [3.63, 3.8) is 0 Å². The zero-order valence-electron chi connectivity index (χ0n) is 8.81. The first-order valence-electron chi connectivity index (χ1n) is 4.82. The van der Waals surface area contributed by atoms with E-state index in [0.717, 1.165) is 19.1 Å². The fourth-order valence-corrected chi connectivity index (χ4v) is 2.74. The monoisotopic (exact) mass is 234 g/mol. The summed E-state index contributed by atoms with van der Waals surface area (Å²) in [4.78, 5) is 10.7. The van der Waals surface area contributed by atoms with Crippen LogP contribution in [0.25, 0.3) is 0 Å². The van der Waals surface area contributed by atoms with E-state index in [9.17, 15) is 4.79 Å². The number of carbonyl (C=O) groups excluding carboxylic acids is 1. The number of hydrogen-bond acceptors (Lipinski definition) is 1. The lowest BCUT2D eigenvalue weighted by atomic mass is 9.99. The molecule has 0 heterocycles. The van der Waals surface area contributed by atoms with E-state index in [0.29, 0.717) is 0 Å². The average molecular weight is 235 g/mol. The highest BCUT2D eigenvalue weighted by molar-refractivity contribution is 6.53. The van der Waals surface area contributed by atoms with Crippen molar-refractivity contribution in [2.75, 3.05) is 0 Å². The van der Waals surface area contributed by atoms with Gasteiger partial charge in [0.15, 0.2) is 0 Å². The molecule has 0 aromatic carbocycles. The van der Waals surface area contributed by atoms with Crippen molar-refractivity contribution >= 4 is 29.5 Å². The maximum Gasteiger partial charge on any atom is 0.134 e. The van der Waals surface area contributed by atoms with Crippen LogP contribution in [0.1, 0.15) is 33.6 Å². The van der Waals surface area contributed by atoms with Gasteiger partial charge in [0.1, 0.15) is 10.6 Å². The normalized spacial score (nSPS) is 33.6. The van der Waals surface area contributed by atoms with Crippen molar-refractivity contribution in [3.05, 3.63) is 11.6 Å². The zero-order valence-corrected chi connectivity index (χ0v) is 10.3. The standard InChI is InChI=1S/C11H16Cl2O/c1-8(2)5-4-6-10(3)9(7-14)11(10,12)13/h5,7,9H,4,6H2,1-3H3. The smallest absolute Gasteiger partial charge is 0.134 e. The second-order valence-electron chi connectivity index (χ2n) is 4.47. The third-order valence-corrected chi connectivity index (χ3v) is 4.44. The Labute approximate surface area is 95.5 Å². The summed E-state index contributed by atoms with van der Waals surface area (Å²) in [6.07, 6.45) is 4.83. The third kappa shape index (κ3) is 1.85. The minimum absolute atomic E-state index is 0.205. The largest absolute Gasteiger partial charge is 0.303 e. The summed E-state index contributed by atoms with van der Waals surface area (Å²) in [5.74, 6) is -0.205. The van der Waals surface area contributed by atoms with Gasteiger partial charge in [-0.05, 0) is 26.7 Å². The van der Waals surface area contributed by atoms with Crippen LogP contribution >= 0.6 is 23.2 Å². The van der Waals surface area contributed by atoms with Gasteiger partial charge in [-0.25, -0.2) is 0 Å². The van der Waals surface area contributed by atoms with Gasteiger partial charge in [0, 0.05) is 5.41 Å². The number of aldehydes is 1. The van der Waals surface area contributed by atoms with Crippen molar-refractivity contribution < 1.29 is 4.79 Å². The Balaban J connectivity index is 2.54. The molecule has 0 amide bonds. The topological polar surface area (TPSA) is 17.1 Å². The van der Waals surface area contributed by atoms with Crippen LogP contribution < -0.4 is 0 Å². The first-order chi connectivity index (χ1) is 6.36. The minimum atomic E-state index is -0.843. The van der Waals surface area contributed by atoms with E-state index in [1.165, 1.54) is 5.57 Å². The summed E-state index contributed by atoms with van der Waals surface area (Å²) in [7, 11) is 0. The molecule has 0 aromatic heterocycles. The van der Waals surface area contributed by atoms with Gasteiger partial charge in [-0.3, -0.25) is 0 Å². The second-order valence-corrected chi connectivity index (χ2v) is 5.86. The Morgan fingerprint density at radius 3 is 2.36 bits per heavy atom. The first kappa shape index (κ1) is 12.1. The van der Waals surface area contributed by atoms with E-state index in [1.54, 1.807) is 0 Å². The van der Waals surface area contributed by atoms with Crippen molar-refractivity contribution in [2.45, 2.75) is 37.9 Å². The minimum Gasteiger partial charge on any atom is -0.303 e. The van der Waals surface area contributed by atoms with Gasteiger partial charge in [-0.2, -0.15) is 0 Å². The van der Waals surface area contributed by atoms with E-state index in [1.807, 2.05) is 6.92 Å². The van der Waals surface area contributed by atoms with Crippen LogP contribution in [0, 0.1) is 11.3 Å². The molecule has 1 saturated carbocycles. The number of halogens is 2. The van der Waals surface area contributed by atoms with Crippen LogP contribution in [-0.4, -0.2) is 10.6 Å². The number of allylic oxidation sites excluding steroid dienone is 2. The van der Waals surface area contributed by atoms with Gasteiger partial charge >= 0.3 is 0 Å². The molecule has 0 bridgehead atoms. The molecule has 1 nitrogen and oxygen atoms in total. The highest BCUT2D eigenvalue weighted by Gasteiger charge is 2.72. The number of hydrogen-bond donors (Lipinski definition) is 0. The molecule has 2 atom stereocenters. The van der Waals surface area contributed by atoms with Gasteiger partial charge in [0.2, 0.25) is 0 Å². The molecule has 1 aliphatic rings. The van der Waals surface area contributed by atoms with E-state index in [2.05, 4.69) is 19.9 Å². The maximum atomic E-state index is 10.7. The van der Waals surface area contributed by atoms with Crippen LogP contribution in [0.4, 0.5) is 0 Å². The predicted molar refractivity (Wildman–Crippen MR) is 60.8 cm³/mol. The lowest BCUT2D eigenvalue weighted by Crippen LogP contribution is -2.03. The molecule has 0 spiro atoms. The van der Waals surface area contributed by atoms with E-state index in [-0.39, 0.29) is 11.3 Å². The lowest BCUT2D eigenvalue weighted by molar-refractivity contribution is -0.109. The number of carbonyl (C=O) groups is 1. The summed E-state index contributed by atoms with van der Waals surface area (Å²) in [5.41, 5.74) is 1.05. The Kier molecular flexibility index (Phi) is 3.33. The van der Waals surface area contributed by atoms with Crippen LogP contribution in [0.2, 0.25) is 0 Å². The highest BCUT2D eigenvalue weighted by atomic mass is 35.5. The molecule has 80 valence electrons. The molecule has 0 saturated heterocycles. The summed E-state index contributed by atoms with van der Waals surface area (Å²) < 4.78 is -0.843. The predicted octanol–water partition coefficient (Wildman–Crippen LogP) is 3.74. The van der Waals surface area contributed by atoms with Crippen molar-refractivity contribution in [1.82, 2.24) is 0 Å². The Morgan fingerprint density at radius 1 is 1.43 bits per heavy atom. The van der Waals surface area contributed by atoms with Gasteiger partial charge in [0.25, 0.3) is 0 Å². The molecular weight excluding hydrogens is 219 g/mol. The zero-order chi connectivity index (χ0) is 11.0. The molecule has 0 aromatic rings. The second kappa shape index (κ2) is 3.86. The van der Waals surface area contributed by atoms with E-state index in [4.69, 9.17) is 23.2 Å².